The van der Waals surface area contributed by atoms with E-state index in [4.69, 9.17) is 4.74 Å². The third-order valence-electron chi connectivity index (χ3n) is 4.28. The molecule has 0 bridgehead atoms. The smallest absolute Gasteiger partial charge is 0.263 e. The Morgan fingerprint density at radius 1 is 0.833 bits per heavy atom. The van der Waals surface area contributed by atoms with Gasteiger partial charge in [-0.3, -0.25) is 4.72 Å². The Morgan fingerprint density at radius 2 is 1.43 bits per heavy atom. The Hall–Kier alpha value is -3.17. The van der Waals surface area contributed by atoms with E-state index in [0.29, 0.717) is 28.3 Å². The van der Waals surface area contributed by atoms with Gasteiger partial charge in [-0.25, -0.2) is 18.4 Å². The normalized spacial score (nSPS) is 11.3. The molecule has 0 aliphatic carbocycles. The Kier molecular flexibility index (Phi) is 5.56. The third-order valence-corrected chi connectivity index (χ3v) is 6.16. The quantitative estimate of drug-likeness (QED) is 0.402. The molecule has 0 unspecified atom stereocenters. The lowest BCUT2D eigenvalue weighted by atomic mass is 10.3. The first kappa shape index (κ1) is 20.1. The van der Waals surface area contributed by atoms with E-state index in [9.17, 15) is 8.42 Å². The number of nitrogens with zero attached hydrogens (tertiary/aromatic N) is 2. The van der Waals surface area contributed by atoms with Crippen molar-refractivity contribution in [1.82, 2.24) is 9.97 Å². The molecule has 7 nitrogen and oxygen atoms in total. The highest BCUT2D eigenvalue weighted by Crippen LogP contribution is 2.28. The van der Waals surface area contributed by atoms with Gasteiger partial charge in [0.1, 0.15) is 5.75 Å². The summed E-state index contributed by atoms with van der Waals surface area (Å²) in [7, 11) is -2.27. The molecule has 0 fully saturated rings. The predicted octanol–water partition coefficient (Wildman–Crippen LogP) is 4.95. The van der Waals surface area contributed by atoms with Crippen molar-refractivity contribution in [1.29, 1.82) is 0 Å². The lowest BCUT2D eigenvalue weighted by Crippen LogP contribution is -2.16. The molecule has 4 rings (SSSR count). The van der Waals surface area contributed by atoms with Crippen molar-refractivity contribution in [3.63, 3.8) is 0 Å². The highest BCUT2D eigenvalue weighted by atomic mass is 79.9. The second-order valence-electron chi connectivity index (χ2n) is 6.32. The summed E-state index contributed by atoms with van der Waals surface area (Å²) in [5, 5.41) is 3.14. The first-order valence-corrected chi connectivity index (χ1v) is 11.2. The second-order valence-corrected chi connectivity index (χ2v) is 8.92. The molecule has 2 N–H and O–H groups in total. The van der Waals surface area contributed by atoms with Gasteiger partial charge < -0.3 is 10.1 Å². The van der Waals surface area contributed by atoms with Gasteiger partial charge >= 0.3 is 0 Å². The van der Waals surface area contributed by atoms with Crippen molar-refractivity contribution < 1.29 is 13.2 Å². The molecule has 0 amide bonds. The summed E-state index contributed by atoms with van der Waals surface area (Å²) in [5.41, 5.74) is 1.93. The Morgan fingerprint density at radius 3 is 2.03 bits per heavy atom. The van der Waals surface area contributed by atoms with Crippen LogP contribution in [-0.4, -0.2) is 25.5 Å². The van der Waals surface area contributed by atoms with Crippen LogP contribution in [0.2, 0.25) is 0 Å². The molecule has 0 aliphatic heterocycles. The van der Waals surface area contributed by atoms with Crippen molar-refractivity contribution >= 4 is 54.3 Å². The van der Waals surface area contributed by atoms with Gasteiger partial charge in [0, 0.05) is 10.2 Å². The molecule has 30 heavy (non-hydrogen) atoms. The highest BCUT2D eigenvalue weighted by Gasteiger charge is 2.19. The largest absolute Gasteiger partial charge is 0.497 e. The molecule has 4 aromatic rings. The van der Waals surface area contributed by atoms with Crippen LogP contribution < -0.4 is 14.8 Å². The summed E-state index contributed by atoms with van der Waals surface area (Å²) in [6.45, 7) is 0. The zero-order valence-electron chi connectivity index (χ0n) is 15.8. The fraction of sp³-hybridized carbons (Fsp3) is 0.0476. The monoisotopic (exact) mass is 484 g/mol. The minimum absolute atomic E-state index is 0.104. The van der Waals surface area contributed by atoms with Gasteiger partial charge in [0.2, 0.25) is 0 Å². The fourth-order valence-electron chi connectivity index (χ4n) is 2.77. The molecular formula is C21H17BrN4O3S. The standard InChI is InChI=1S/C21H17BrN4O3S/c1-29-16-10-8-15(9-11-16)23-20-21(25-19-5-3-2-4-18(19)24-20)26-30(27,28)17-12-6-14(22)7-13-17/h2-13H,1H3,(H,23,24)(H,25,26). The van der Waals surface area contributed by atoms with Crippen molar-refractivity contribution in [2.75, 3.05) is 17.1 Å². The number of para-hydroxylation sites is 2. The number of nitrogens with one attached hydrogen (secondary N) is 2. The van der Waals surface area contributed by atoms with Crippen LogP contribution >= 0.6 is 15.9 Å². The van der Waals surface area contributed by atoms with Gasteiger partial charge in [-0.2, -0.15) is 0 Å². The fourth-order valence-corrected chi connectivity index (χ4v) is 4.04. The summed E-state index contributed by atoms with van der Waals surface area (Å²) in [4.78, 5) is 9.17. The van der Waals surface area contributed by atoms with Crippen LogP contribution in [0.15, 0.2) is 82.2 Å². The predicted molar refractivity (Wildman–Crippen MR) is 121 cm³/mol. The van der Waals surface area contributed by atoms with Gasteiger partial charge in [0.05, 0.1) is 23.0 Å². The van der Waals surface area contributed by atoms with Crippen LogP contribution in [-0.2, 0) is 10.0 Å². The summed E-state index contributed by atoms with van der Waals surface area (Å²) >= 11 is 3.31. The van der Waals surface area contributed by atoms with Gasteiger partial charge in [-0.1, -0.05) is 28.1 Å². The van der Waals surface area contributed by atoms with E-state index in [1.807, 2.05) is 30.3 Å². The molecule has 0 saturated carbocycles. The maximum Gasteiger partial charge on any atom is 0.263 e. The average molecular weight is 485 g/mol. The van der Waals surface area contributed by atoms with E-state index in [2.05, 4.69) is 35.9 Å². The highest BCUT2D eigenvalue weighted by molar-refractivity contribution is 9.10. The first-order chi connectivity index (χ1) is 14.4. The lowest BCUT2D eigenvalue weighted by Gasteiger charge is -2.14. The minimum atomic E-state index is -3.86. The number of benzene rings is 3. The summed E-state index contributed by atoms with van der Waals surface area (Å²) in [5.74, 6) is 1.10. The maximum absolute atomic E-state index is 12.9. The molecule has 0 saturated heterocycles. The molecule has 0 radical (unpaired) electrons. The number of hydrogen-bond donors (Lipinski definition) is 2. The van der Waals surface area contributed by atoms with Crippen molar-refractivity contribution in [3.8, 4) is 5.75 Å². The zero-order chi connectivity index (χ0) is 21.1. The molecule has 0 atom stereocenters. The van der Waals surface area contributed by atoms with E-state index in [1.54, 1.807) is 37.4 Å². The van der Waals surface area contributed by atoms with Crippen LogP contribution in [0, 0.1) is 0 Å². The molecule has 0 spiro atoms. The number of sulfonamides is 1. The van der Waals surface area contributed by atoms with Crippen LogP contribution in [0.3, 0.4) is 0 Å². The summed E-state index contributed by atoms with van der Waals surface area (Å²) in [6, 6.07) is 20.8. The van der Waals surface area contributed by atoms with E-state index in [0.717, 1.165) is 4.47 Å². The van der Waals surface area contributed by atoms with Crippen LogP contribution in [0.25, 0.3) is 11.0 Å². The van der Waals surface area contributed by atoms with Crippen molar-refractivity contribution in [3.05, 3.63) is 77.3 Å². The van der Waals surface area contributed by atoms with Crippen molar-refractivity contribution in [2.24, 2.45) is 0 Å². The molecule has 1 heterocycles. The van der Waals surface area contributed by atoms with E-state index in [-0.39, 0.29) is 10.7 Å². The van der Waals surface area contributed by atoms with Crippen molar-refractivity contribution in [2.45, 2.75) is 4.90 Å². The third kappa shape index (κ3) is 4.37. The number of hydrogen-bond acceptors (Lipinski definition) is 6. The summed E-state index contributed by atoms with van der Waals surface area (Å²) in [6.07, 6.45) is 0. The molecule has 152 valence electrons. The van der Waals surface area contributed by atoms with E-state index >= 15 is 0 Å². The second kappa shape index (κ2) is 8.29. The van der Waals surface area contributed by atoms with E-state index < -0.39 is 10.0 Å². The van der Waals surface area contributed by atoms with Crippen LogP contribution in [0.1, 0.15) is 0 Å². The number of aromatic nitrogens is 2. The van der Waals surface area contributed by atoms with Gasteiger partial charge in [0.25, 0.3) is 10.0 Å². The topological polar surface area (TPSA) is 93.2 Å². The number of ether oxygens (including phenoxy) is 1. The number of anilines is 3. The zero-order valence-corrected chi connectivity index (χ0v) is 18.2. The lowest BCUT2D eigenvalue weighted by molar-refractivity contribution is 0.415. The molecule has 0 aliphatic rings. The number of halogens is 1. The Bertz CT molecular complexity index is 1290. The van der Waals surface area contributed by atoms with Gasteiger partial charge in [0.15, 0.2) is 11.6 Å². The van der Waals surface area contributed by atoms with Crippen LogP contribution in [0.4, 0.5) is 17.3 Å². The molecule has 3 aromatic carbocycles. The van der Waals surface area contributed by atoms with Crippen LogP contribution in [0.5, 0.6) is 5.75 Å². The first-order valence-electron chi connectivity index (χ1n) is 8.91. The SMILES string of the molecule is COc1ccc(Nc2nc3ccccc3nc2NS(=O)(=O)c2ccc(Br)cc2)cc1. The minimum Gasteiger partial charge on any atom is -0.497 e. The molecule has 1 aromatic heterocycles. The number of methoxy groups -OCH3 is 1. The van der Waals surface area contributed by atoms with E-state index in [1.165, 1.54) is 12.1 Å². The molecule has 9 heteroatoms. The Balaban J connectivity index is 1.74. The number of fused-ring (bicyclic) bond motifs is 1. The summed E-state index contributed by atoms with van der Waals surface area (Å²) < 4.78 is 34.3. The molecular weight excluding hydrogens is 468 g/mol. The number of rotatable bonds is 6. The van der Waals surface area contributed by atoms with Gasteiger partial charge in [-0.05, 0) is 60.7 Å². The maximum atomic E-state index is 12.9. The average Bonchev–Trinajstić information content (AvgIpc) is 2.75. The Labute approximate surface area is 182 Å². The van der Waals surface area contributed by atoms with Gasteiger partial charge in [-0.15, -0.1) is 0 Å².